The first kappa shape index (κ1) is 15.2. The van der Waals surface area contributed by atoms with Crippen LogP contribution < -0.4 is 5.32 Å². The summed E-state index contributed by atoms with van der Waals surface area (Å²) in [5, 5.41) is 3.16. The zero-order valence-electron chi connectivity index (χ0n) is 11.1. The van der Waals surface area contributed by atoms with Crippen molar-refractivity contribution in [1.29, 1.82) is 0 Å². The number of hydrogen-bond donors (Lipinski definition) is 1. The predicted octanol–water partition coefficient (Wildman–Crippen LogP) is -1.35. The van der Waals surface area contributed by atoms with E-state index in [1.807, 2.05) is 0 Å². The lowest BCUT2D eigenvalue weighted by Crippen LogP contribution is -2.54. The lowest BCUT2D eigenvalue weighted by molar-refractivity contribution is 0.311. The van der Waals surface area contributed by atoms with Crippen molar-refractivity contribution in [1.82, 2.24) is 13.9 Å². The predicted molar refractivity (Wildman–Crippen MR) is 72.8 cm³/mol. The molecule has 0 aliphatic carbocycles. The zero-order chi connectivity index (χ0) is 14.1. The molecule has 112 valence electrons. The average Bonchev–Trinajstić information content (AvgIpc) is 2.55. The summed E-state index contributed by atoms with van der Waals surface area (Å²) in [7, 11) is -6.65. The van der Waals surface area contributed by atoms with Crippen LogP contribution >= 0.6 is 0 Å². The Morgan fingerprint density at radius 2 is 1.89 bits per heavy atom. The molecule has 0 radical (unpaired) electrons. The van der Waals surface area contributed by atoms with E-state index in [-0.39, 0.29) is 18.1 Å². The SMILES string of the molecule is CC1CS(=O)(=O)CCN1S(=O)(=O)N1CCCNCC1. The van der Waals surface area contributed by atoms with E-state index in [1.54, 1.807) is 6.92 Å². The Labute approximate surface area is 115 Å². The number of nitrogens with one attached hydrogen (secondary N) is 1. The van der Waals surface area contributed by atoms with Crippen LogP contribution in [-0.2, 0) is 20.0 Å². The van der Waals surface area contributed by atoms with E-state index in [9.17, 15) is 16.8 Å². The molecule has 0 aromatic carbocycles. The molecule has 2 aliphatic heterocycles. The van der Waals surface area contributed by atoms with Crippen molar-refractivity contribution in [3.05, 3.63) is 0 Å². The molecule has 2 heterocycles. The Balaban J connectivity index is 2.15. The van der Waals surface area contributed by atoms with E-state index in [0.717, 1.165) is 13.0 Å². The number of hydrogen-bond acceptors (Lipinski definition) is 5. The maximum atomic E-state index is 12.5. The second kappa shape index (κ2) is 5.65. The Bertz CT molecular complexity index is 509. The molecule has 0 bridgehead atoms. The van der Waals surface area contributed by atoms with Crippen molar-refractivity contribution in [3.8, 4) is 0 Å². The topological polar surface area (TPSA) is 86.8 Å². The van der Waals surface area contributed by atoms with Gasteiger partial charge < -0.3 is 5.32 Å². The van der Waals surface area contributed by atoms with Crippen LogP contribution in [0.3, 0.4) is 0 Å². The van der Waals surface area contributed by atoms with Gasteiger partial charge in [0.2, 0.25) is 0 Å². The molecule has 9 heteroatoms. The fourth-order valence-electron chi connectivity index (χ4n) is 2.53. The summed E-state index contributed by atoms with van der Waals surface area (Å²) >= 11 is 0. The van der Waals surface area contributed by atoms with E-state index >= 15 is 0 Å². The Hall–Kier alpha value is -0.220. The summed E-state index contributed by atoms with van der Waals surface area (Å²) in [5.41, 5.74) is 0. The summed E-state index contributed by atoms with van der Waals surface area (Å²) in [6, 6.07) is -0.486. The molecule has 1 atom stereocenters. The monoisotopic (exact) mass is 311 g/mol. The maximum absolute atomic E-state index is 12.5. The highest BCUT2D eigenvalue weighted by atomic mass is 32.2. The van der Waals surface area contributed by atoms with Crippen LogP contribution in [0.15, 0.2) is 0 Å². The highest BCUT2D eigenvalue weighted by Gasteiger charge is 2.38. The molecule has 2 saturated heterocycles. The number of nitrogens with zero attached hydrogens (tertiary/aromatic N) is 2. The summed E-state index contributed by atoms with van der Waals surface area (Å²) < 4.78 is 50.9. The minimum absolute atomic E-state index is 0.0652. The fraction of sp³-hybridized carbons (Fsp3) is 1.00. The molecule has 19 heavy (non-hydrogen) atoms. The quantitative estimate of drug-likeness (QED) is 0.681. The molecule has 1 unspecified atom stereocenters. The first-order valence-electron chi connectivity index (χ1n) is 6.51. The van der Waals surface area contributed by atoms with Gasteiger partial charge in [-0.25, -0.2) is 8.42 Å². The Kier molecular flexibility index (Phi) is 4.51. The Morgan fingerprint density at radius 3 is 2.58 bits per heavy atom. The van der Waals surface area contributed by atoms with E-state index in [0.29, 0.717) is 19.6 Å². The molecular formula is C10H21N3O4S2. The van der Waals surface area contributed by atoms with Crippen LogP contribution in [0, 0.1) is 0 Å². The molecule has 2 rings (SSSR count). The molecule has 1 N–H and O–H groups in total. The molecule has 0 saturated carbocycles. The van der Waals surface area contributed by atoms with Gasteiger partial charge in [0.05, 0.1) is 11.5 Å². The van der Waals surface area contributed by atoms with Crippen LogP contribution in [0.1, 0.15) is 13.3 Å². The second-order valence-corrected chi connectivity index (χ2v) is 9.19. The molecule has 0 aromatic rings. The summed E-state index contributed by atoms with van der Waals surface area (Å²) in [4.78, 5) is 0. The molecule has 0 aromatic heterocycles. The first-order valence-corrected chi connectivity index (χ1v) is 9.73. The minimum Gasteiger partial charge on any atom is -0.315 e. The van der Waals surface area contributed by atoms with Crippen molar-refractivity contribution < 1.29 is 16.8 Å². The highest BCUT2D eigenvalue weighted by molar-refractivity contribution is 7.91. The second-order valence-electron chi connectivity index (χ2n) is 5.08. The van der Waals surface area contributed by atoms with Gasteiger partial charge in [-0.1, -0.05) is 0 Å². The molecule has 2 aliphatic rings. The van der Waals surface area contributed by atoms with Gasteiger partial charge in [0.15, 0.2) is 9.84 Å². The van der Waals surface area contributed by atoms with Crippen LogP contribution in [-0.4, -0.2) is 75.7 Å². The van der Waals surface area contributed by atoms with Crippen molar-refractivity contribution in [2.75, 3.05) is 44.2 Å². The lowest BCUT2D eigenvalue weighted by atomic mass is 10.4. The van der Waals surface area contributed by atoms with Gasteiger partial charge >= 0.3 is 0 Å². The summed E-state index contributed by atoms with van der Waals surface area (Å²) in [6.45, 7) is 4.11. The Morgan fingerprint density at radius 1 is 1.16 bits per heavy atom. The van der Waals surface area contributed by atoms with Crippen molar-refractivity contribution in [3.63, 3.8) is 0 Å². The number of rotatable bonds is 2. The van der Waals surface area contributed by atoms with Gasteiger partial charge in [-0.2, -0.15) is 17.0 Å². The number of sulfone groups is 1. The molecule has 7 nitrogen and oxygen atoms in total. The van der Waals surface area contributed by atoms with Crippen LogP contribution in [0.5, 0.6) is 0 Å². The minimum atomic E-state index is -3.55. The molecular weight excluding hydrogens is 290 g/mol. The summed E-state index contributed by atoms with van der Waals surface area (Å²) in [6.07, 6.45) is 0.778. The van der Waals surface area contributed by atoms with Crippen LogP contribution in [0.25, 0.3) is 0 Å². The summed E-state index contributed by atoms with van der Waals surface area (Å²) in [5.74, 6) is -0.166. The zero-order valence-corrected chi connectivity index (χ0v) is 12.7. The van der Waals surface area contributed by atoms with Crippen molar-refractivity contribution in [2.24, 2.45) is 0 Å². The molecule has 0 spiro atoms. The van der Waals surface area contributed by atoms with Crippen LogP contribution in [0.2, 0.25) is 0 Å². The third-order valence-corrected chi connectivity index (χ3v) is 7.48. The van der Waals surface area contributed by atoms with Gasteiger partial charge in [0.1, 0.15) is 0 Å². The van der Waals surface area contributed by atoms with E-state index in [4.69, 9.17) is 0 Å². The lowest BCUT2D eigenvalue weighted by Gasteiger charge is -2.35. The average molecular weight is 311 g/mol. The first-order chi connectivity index (χ1) is 8.83. The van der Waals surface area contributed by atoms with E-state index in [2.05, 4.69) is 5.32 Å². The van der Waals surface area contributed by atoms with Gasteiger partial charge in [-0.05, 0) is 19.9 Å². The fourth-order valence-corrected chi connectivity index (χ4v) is 6.12. The van der Waals surface area contributed by atoms with Gasteiger partial charge in [-0.15, -0.1) is 0 Å². The molecule has 0 amide bonds. The van der Waals surface area contributed by atoms with E-state index < -0.39 is 26.1 Å². The smallest absolute Gasteiger partial charge is 0.282 e. The third-order valence-electron chi connectivity index (χ3n) is 3.53. The highest BCUT2D eigenvalue weighted by Crippen LogP contribution is 2.19. The van der Waals surface area contributed by atoms with Gasteiger partial charge in [0, 0.05) is 32.2 Å². The normalized spacial score (nSPS) is 30.9. The van der Waals surface area contributed by atoms with Crippen LogP contribution in [0.4, 0.5) is 0 Å². The standard InChI is InChI=1S/C10H21N3O4S2/c1-10-9-18(14,15)8-7-13(10)19(16,17)12-5-2-3-11-4-6-12/h10-11H,2-9H2,1H3. The maximum Gasteiger partial charge on any atom is 0.282 e. The molecule has 2 fully saturated rings. The largest absolute Gasteiger partial charge is 0.315 e. The van der Waals surface area contributed by atoms with Crippen molar-refractivity contribution in [2.45, 2.75) is 19.4 Å². The van der Waals surface area contributed by atoms with Gasteiger partial charge in [-0.3, -0.25) is 0 Å². The van der Waals surface area contributed by atoms with Crippen molar-refractivity contribution >= 4 is 20.0 Å². The van der Waals surface area contributed by atoms with Gasteiger partial charge in [0.25, 0.3) is 10.2 Å². The van der Waals surface area contributed by atoms with E-state index in [1.165, 1.54) is 8.61 Å². The third kappa shape index (κ3) is 3.46.